The van der Waals surface area contributed by atoms with E-state index in [1.165, 1.54) is 5.56 Å². The minimum Gasteiger partial charge on any atom is -0.322 e. The van der Waals surface area contributed by atoms with Crippen LogP contribution < -0.4 is 5.32 Å². The summed E-state index contributed by atoms with van der Waals surface area (Å²) in [5.41, 5.74) is 2.82. The van der Waals surface area contributed by atoms with Gasteiger partial charge in [-0.05, 0) is 35.2 Å². The highest BCUT2D eigenvalue weighted by atomic mass is 16.1. The average molecular weight is 253 g/mol. The third-order valence-electron chi connectivity index (χ3n) is 3.04. The van der Waals surface area contributed by atoms with E-state index in [1.807, 2.05) is 54.6 Å². The van der Waals surface area contributed by atoms with E-state index in [2.05, 4.69) is 26.1 Å². The second kappa shape index (κ2) is 5.27. The molecule has 0 bridgehead atoms. The molecule has 0 fully saturated rings. The third kappa shape index (κ3) is 3.44. The van der Waals surface area contributed by atoms with Gasteiger partial charge in [0.2, 0.25) is 0 Å². The van der Waals surface area contributed by atoms with Gasteiger partial charge >= 0.3 is 0 Å². The molecule has 0 unspecified atom stereocenters. The SMILES string of the molecule is CC(C)(C)c1ccc(C(=O)Nc2ccccc2)cc1. The maximum atomic E-state index is 12.1. The molecule has 0 atom stereocenters. The van der Waals surface area contributed by atoms with Crippen molar-refractivity contribution in [2.75, 3.05) is 5.32 Å². The molecule has 2 heteroatoms. The molecule has 0 aliphatic carbocycles. The Balaban J connectivity index is 2.12. The molecule has 98 valence electrons. The maximum absolute atomic E-state index is 12.1. The van der Waals surface area contributed by atoms with Crippen LogP contribution in [-0.2, 0) is 5.41 Å². The highest BCUT2D eigenvalue weighted by Crippen LogP contribution is 2.22. The van der Waals surface area contributed by atoms with Crippen LogP contribution in [0.5, 0.6) is 0 Å². The third-order valence-corrected chi connectivity index (χ3v) is 3.04. The summed E-state index contributed by atoms with van der Waals surface area (Å²) < 4.78 is 0. The Morgan fingerprint density at radius 1 is 0.895 bits per heavy atom. The first-order chi connectivity index (χ1) is 8.97. The summed E-state index contributed by atoms with van der Waals surface area (Å²) in [6.45, 7) is 6.48. The van der Waals surface area contributed by atoms with Gasteiger partial charge in [-0.2, -0.15) is 0 Å². The van der Waals surface area contributed by atoms with Crippen LogP contribution in [0.15, 0.2) is 54.6 Å². The van der Waals surface area contributed by atoms with Gasteiger partial charge in [0.1, 0.15) is 0 Å². The van der Waals surface area contributed by atoms with Crippen molar-refractivity contribution in [2.45, 2.75) is 26.2 Å². The molecule has 2 nitrogen and oxygen atoms in total. The fourth-order valence-electron chi connectivity index (χ4n) is 1.85. The summed E-state index contributed by atoms with van der Waals surface area (Å²) in [7, 11) is 0. The molecule has 1 amide bonds. The van der Waals surface area contributed by atoms with E-state index in [1.54, 1.807) is 0 Å². The van der Waals surface area contributed by atoms with Gasteiger partial charge in [-0.1, -0.05) is 51.1 Å². The zero-order valence-corrected chi connectivity index (χ0v) is 11.6. The highest BCUT2D eigenvalue weighted by Gasteiger charge is 2.14. The maximum Gasteiger partial charge on any atom is 0.255 e. The van der Waals surface area contributed by atoms with Crippen molar-refractivity contribution in [1.82, 2.24) is 0 Å². The van der Waals surface area contributed by atoms with E-state index < -0.39 is 0 Å². The van der Waals surface area contributed by atoms with E-state index in [-0.39, 0.29) is 11.3 Å². The number of nitrogens with one attached hydrogen (secondary N) is 1. The zero-order valence-electron chi connectivity index (χ0n) is 11.6. The molecule has 1 N–H and O–H groups in total. The molecular formula is C17H19NO. The van der Waals surface area contributed by atoms with E-state index >= 15 is 0 Å². The second-order valence-corrected chi connectivity index (χ2v) is 5.65. The first kappa shape index (κ1) is 13.3. The Bertz CT molecular complexity index is 550. The minimum absolute atomic E-state index is 0.0772. The van der Waals surface area contributed by atoms with Crippen LogP contribution in [0.4, 0.5) is 5.69 Å². The van der Waals surface area contributed by atoms with E-state index in [4.69, 9.17) is 0 Å². The Labute approximate surface area is 114 Å². The van der Waals surface area contributed by atoms with Gasteiger partial charge in [0.15, 0.2) is 0 Å². The number of hydrogen-bond donors (Lipinski definition) is 1. The molecular weight excluding hydrogens is 234 g/mol. The second-order valence-electron chi connectivity index (χ2n) is 5.65. The average Bonchev–Trinajstić information content (AvgIpc) is 2.39. The van der Waals surface area contributed by atoms with Gasteiger partial charge in [0, 0.05) is 11.3 Å². The van der Waals surface area contributed by atoms with Crippen molar-refractivity contribution >= 4 is 11.6 Å². The van der Waals surface area contributed by atoms with Crippen molar-refractivity contribution in [2.24, 2.45) is 0 Å². The molecule has 0 spiro atoms. The van der Waals surface area contributed by atoms with Gasteiger partial charge in [-0.25, -0.2) is 0 Å². The Kier molecular flexibility index (Phi) is 3.70. The summed E-state index contributed by atoms with van der Waals surface area (Å²) in [6.07, 6.45) is 0. The molecule has 0 saturated heterocycles. The molecule has 19 heavy (non-hydrogen) atoms. The number of carbonyl (C=O) groups excluding carboxylic acids is 1. The molecule has 2 aromatic rings. The molecule has 0 aromatic heterocycles. The van der Waals surface area contributed by atoms with Crippen LogP contribution in [0.2, 0.25) is 0 Å². The fraction of sp³-hybridized carbons (Fsp3) is 0.235. The Morgan fingerprint density at radius 2 is 1.47 bits per heavy atom. The molecule has 2 rings (SSSR count). The lowest BCUT2D eigenvalue weighted by Crippen LogP contribution is -2.14. The van der Waals surface area contributed by atoms with Crippen molar-refractivity contribution in [1.29, 1.82) is 0 Å². The fourth-order valence-corrected chi connectivity index (χ4v) is 1.85. The molecule has 2 aromatic carbocycles. The summed E-state index contributed by atoms with van der Waals surface area (Å²) in [5, 5.41) is 2.88. The summed E-state index contributed by atoms with van der Waals surface area (Å²) >= 11 is 0. The number of benzene rings is 2. The highest BCUT2D eigenvalue weighted by molar-refractivity contribution is 6.04. The van der Waals surface area contributed by atoms with Gasteiger partial charge in [-0.3, -0.25) is 4.79 Å². The number of rotatable bonds is 2. The number of para-hydroxylation sites is 1. The van der Waals surface area contributed by atoms with Gasteiger partial charge in [-0.15, -0.1) is 0 Å². The summed E-state index contributed by atoms with van der Waals surface area (Å²) in [4.78, 5) is 12.1. The van der Waals surface area contributed by atoms with Crippen LogP contribution in [0, 0.1) is 0 Å². The number of hydrogen-bond acceptors (Lipinski definition) is 1. The predicted molar refractivity (Wildman–Crippen MR) is 79.5 cm³/mol. The Hall–Kier alpha value is -2.09. The number of anilines is 1. The molecule has 0 radical (unpaired) electrons. The van der Waals surface area contributed by atoms with Crippen molar-refractivity contribution in [3.05, 3.63) is 65.7 Å². The largest absolute Gasteiger partial charge is 0.322 e. The monoisotopic (exact) mass is 253 g/mol. The van der Waals surface area contributed by atoms with Crippen molar-refractivity contribution in [3.63, 3.8) is 0 Å². The molecule has 0 aliphatic heterocycles. The number of amides is 1. The van der Waals surface area contributed by atoms with E-state index in [0.717, 1.165) is 5.69 Å². The van der Waals surface area contributed by atoms with Gasteiger partial charge in [0.25, 0.3) is 5.91 Å². The quantitative estimate of drug-likeness (QED) is 0.852. The number of carbonyl (C=O) groups is 1. The molecule has 0 saturated carbocycles. The van der Waals surface area contributed by atoms with E-state index in [9.17, 15) is 4.79 Å². The minimum atomic E-state index is -0.0772. The van der Waals surface area contributed by atoms with Crippen molar-refractivity contribution < 1.29 is 4.79 Å². The summed E-state index contributed by atoms with van der Waals surface area (Å²) in [5.74, 6) is -0.0772. The van der Waals surface area contributed by atoms with Gasteiger partial charge in [0.05, 0.1) is 0 Å². The lowest BCUT2D eigenvalue weighted by molar-refractivity contribution is 0.102. The standard InChI is InChI=1S/C17H19NO/c1-17(2,3)14-11-9-13(10-12-14)16(19)18-15-7-5-4-6-8-15/h4-12H,1-3H3,(H,18,19). The normalized spacial score (nSPS) is 11.1. The smallest absolute Gasteiger partial charge is 0.255 e. The van der Waals surface area contributed by atoms with Crippen LogP contribution in [0.1, 0.15) is 36.7 Å². The van der Waals surface area contributed by atoms with Crippen LogP contribution in [0.25, 0.3) is 0 Å². The first-order valence-electron chi connectivity index (χ1n) is 6.44. The summed E-state index contributed by atoms with van der Waals surface area (Å²) in [6, 6.07) is 17.3. The lowest BCUT2D eigenvalue weighted by Gasteiger charge is -2.19. The topological polar surface area (TPSA) is 29.1 Å². The van der Waals surface area contributed by atoms with Crippen LogP contribution in [0.3, 0.4) is 0 Å². The first-order valence-corrected chi connectivity index (χ1v) is 6.44. The molecule has 0 heterocycles. The van der Waals surface area contributed by atoms with Crippen LogP contribution >= 0.6 is 0 Å². The van der Waals surface area contributed by atoms with Crippen molar-refractivity contribution in [3.8, 4) is 0 Å². The van der Waals surface area contributed by atoms with Gasteiger partial charge < -0.3 is 5.32 Å². The zero-order chi connectivity index (χ0) is 13.9. The lowest BCUT2D eigenvalue weighted by atomic mass is 9.87. The Morgan fingerprint density at radius 3 is 2.00 bits per heavy atom. The molecule has 0 aliphatic rings. The van der Waals surface area contributed by atoms with Crippen LogP contribution in [-0.4, -0.2) is 5.91 Å². The predicted octanol–water partition coefficient (Wildman–Crippen LogP) is 4.24. The van der Waals surface area contributed by atoms with E-state index in [0.29, 0.717) is 5.56 Å².